The summed E-state index contributed by atoms with van der Waals surface area (Å²) in [6.45, 7) is 3.21. The fourth-order valence-corrected chi connectivity index (χ4v) is 2.46. The molecule has 120 valence electrons. The molecule has 0 unspecified atom stereocenters. The number of aryl methyl sites for hydroxylation is 1. The Labute approximate surface area is 138 Å². The first-order chi connectivity index (χ1) is 11.8. The quantitative estimate of drug-likeness (QED) is 0.564. The van der Waals surface area contributed by atoms with Crippen LogP contribution in [0.2, 0.25) is 0 Å². The van der Waals surface area contributed by atoms with Crippen LogP contribution in [0.4, 0.5) is 0 Å². The molecule has 0 fully saturated rings. The molecule has 0 radical (unpaired) electrons. The Morgan fingerprint density at radius 2 is 1.96 bits per heavy atom. The highest BCUT2D eigenvalue weighted by atomic mass is 16.5. The highest BCUT2D eigenvalue weighted by Gasteiger charge is 2.07. The van der Waals surface area contributed by atoms with Gasteiger partial charge in [-0.2, -0.15) is 5.10 Å². The molecule has 0 aliphatic rings. The van der Waals surface area contributed by atoms with E-state index in [1.807, 2.05) is 53.9 Å². The van der Waals surface area contributed by atoms with Crippen molar-refractivity contribution in [2.75, 3.05) is 6.61 Å². The first-order valence-corrected chi connectivity index (χ1v) is 7.68. The zero-order valence-electron chi connectivity index (χ0n) is 13.2. The Morgan fingerprint density at radius 3 is 2.71 bits per heavy atom. The van der Waals surface area contributed by atoms with E-state index in [0.717, 1.165) is 22.7 Å². The van der Waals surface area contributed by atoms with Crippen molar-refractivity contribution in [1.82, 2.24) is 29.4 Å². The van der Waals surface area contributed by atoms with Gasteiger partial charge in [-0.3, -0.25) is 0 Å². The maximum absolute atomic E-state index is 5.71. The monoisotopic (exact) mass is 320 g/mol. The van der Waals surface area contributed by atoms with E-state index in [1.165, 1.54) is 6.33 Å². The Kier molecular flexibility index (Phi) is 3.66. The summed E-state index contributed by atoms with van der Waals surface area (Å²) < 4.78 is 9.29. The van der Waals surface area contributed by atoms with Gasteiger partial charge in [0, 0.05) is 11.3 Å². The van der Waals surface area contributed by atoms with Crippen molar-refractivity contribution in [1.29, 1.82) is 0 Å². The van der Waals surface area contributed by atoms with E-state index in [0.29, 0.717) is 19.0 Å². The van der Waals surface area contributed by atoms with E-state index in [-0.39, 0.29) is 0 Å². The third kappa shape index (κ3) is 2.83. The molecule has 7 heteroatoms. The second kappa shape index (κ2) is 6.11. The summed E-state index contributed by atoms with van der Waals surface area (Å²) in [4.78, 5) is 8.46. The zero-order chi connectivity index (χ0) is 16.4. The maximum atomic E-state index is 5.71. The predicted molar refractivity (Wildman–Crippen MR) is 88.7 cm³/mol. The van der Waals surface area contributed by atoms with Crippen LogP contribution in [0.25, 0.3) is 17.0 Å². The Bertz CT molecular complexity index is 943. The zero-order valence-corrected chi connectivity index (χ0v) is 13.2. The molecule has 0 amide bonds. The molecule has 0 saturated carbocycles. The molecule has 3 heterocycles. The lowest BCUT2D eigenvalue weighted by Crippen LogP contribution is -2.08. The highest BCUT2D eigenvalue weighted by molar-refractivity contribution is 5.59. The lowest BCUT2D eigenvalue weighted by molar-refractivity contribution is 0.291. The number of aromatic nitrogens is 6. The van der Waals surface area contributed by atoms with E-state index < -0.39 is 0 Å². The number of rotatable bonds is 5. The molecule has 0 N–H and O–H groups in total. The van der Waals surface area contributed by atoms with Crippen LogP contribution in [0.15, 0.2) is 55.1 Å². The van der Waals surface area contributed by atoms with Gasteiger partial charge in [-0.1, -0.05) is 6.07 Å². The molecule has 0 aliphatic carbocycles. The van der Waals surface area contributed by atoms with Crippen molar-refractivity contribution in [2.24, 2.45) is 0 Å². The average Bonchev–Trinajstić information content (AvgIpc) is 3.25. The van der Waals surface area contributed by atoms with E-state index in [2.05, 4.69) is 20.2 Å². The van der Waals surface area contributed by atoms with E-state index in [1.54, 1.807) is 11.0 Å². The van der Waals surface area contributed by atoms with Gasteiger partial charge in [0.2, 0.25) is 0 Å². The Morgan fingerprint density at radius 1 is 1.08 bits per heavy atom. The second-order valence-electron chi connectivity index (χ2n) is 5.40. The first-order valence-electron chi connectivity index (χ1n) is 7.68. The molecule has 0 saturated heterocycles. The van der Waals surface area contributed by atoms with Gasteiger partial charge in [-0.25, -0.2) is 19.2 Å². The van der Waals surface area contributed by atoms with Crippen LogP contribution in [0.1, 0.15) is 5.69 Å². The van der Waals surface area contributed by atoms with Gasteiger partial charge in [0.05, 0.1) is 6.54 Å². The largest absolute Gasteiger partial charge is 0.492 e. The molecule has 1 aromatic carbocycles. The lowest BCUT2D eigenvalue weighted by atomic mass is 10.2. The number of benzene rings is 1. The van der Waals surface area contributed by atoms with E-state index in [9.17, 15) is 0 Å². The van der Waals surface area contributed by atoms with Crippen LogP contribution in [0.5, 0.6) is 5.75 Å². The van der Waals surface area contributed by atoms with Crippen LogP contribution >= 0.6 is 0 Å². The summed E-state index contributed by atoms with van der Waals surface area (Å²) in [5.74, 6) is 1.51. The third-order valence-corrected chi connectivity index (χ3v) is 3.72. The van der Waals surface area contributed by atoms with Crippen molar-refractivity contribution in [2.45, 2.75) is 13.5 Å². The molecular weight excluding hydrogens is 304 g/mol. The summed E-state index contributed by atoms with van der Waals surface area (Å²) in [5, 5.41) is 8.59. The summed E-state index contributed by atoms with van der Waals surface area (Å²) >= 11 is 0. The van der Waals surface area contributed by atoms with Crippen LogP contribution < -0.4 is 4.74 Å². The van der Waals surface area contributed by atoms with Gasteiger partial charge in [0.15, 0.2) is 11.5 Å². The number of pyridine rings is 1. The van der Waals surface area contributed by atoms with Gasteiger partial charge in [-0.05, 0) is 43.3 Å². The van der Waals surface area contributed by atoms with Crippen LogP contribution in [0, 0.1) is 6.92 Å². The van der Waals surface area contributed by atoms with Crippen LogP contribution in [0.3, 0.4) is 0 Å². The van der Waals surface area contributed by atoms with Gasteiger partial charge in [0.25, 0.3) is 0 Å². The SMILES string of the molecule is Cc1cccc2nc(-c3ccc(OCCn4cncn4)cc3)nn12. The van der Waals surface area contributed by atoms with Crippen LogP contribution in [-0.4, -0.2) is 36.0 Å². The van der Waals surface area contributed by atoms with Gasteiger partial charge in [0.1, 0.15) is 25.0 Å². The van der Waals surface area contributed by atoms with Gasteiger partial charge < -0.3 is 4.74 Å². The number of ether oxygens (including phenoxy) is 1. The molecule has 0 aliphatic heterocycles. The van der Waals surface area contributed by atoms with Crippen LogP contribution in [-0.2, 0) is 6.54 Å². The molecule has 0 atom stereocenters. The number of nitrogens with zero attached hydrogens (tertiary/aromatic N) is 6. The third-order valence-electron chi connectivity index (χ3n) is 3.72. The predicted octanol–water partition coefficient (Wildman–Crippen LogP) is 2.38. The molecule has 4 rings (SSSR count). The average molecular weight is 320 g/mol. The normalized spacial score (nSPS) is 11.0. The maximum Gasteiger partial charge on any atom is 0.182 e. The lowest BCUT2D eigenvalue weighted by Gasteiger charge is -2.06. The topological polar surface area (TPSA) is 70.1 Å². The summed E-state index contributed by atoms with van der Waals surface area (Å²) in [7, 11) is 0. The van der Waals surface area contributed by atoms with Gasteiger partial charge >= 0.3 is 0 Å². The molecular formula is C17H16N6O. The number of fused-ring (bicyclic) bond motifs is 1. The first kappa shape index (κ1) is 14.4. The minimum absolute atomic E-state index is 0.536. The molecule has 24 heavy (non-hydrogen) atoms. The minimum atomic E-state index is 0.536. The fraction of sp³-hybridized carbons (Fsp3) is 0.176. The number of hydrogen-bond acceptors (Lipinski definition) is 5. The van der Waals surface area contributed by atoms with E-state index >= 15 is 0 Å². The summed E-state index contributed by atoms with van der Waals surface area (Å²) in [6, 6.07) is 13.7. The highest BCUT2D eigenvalue weighted by Crippen LogP contribution is 2.20. The van der Waals surface area contributed by atoms with Crippen molar-refractivity contribution < 1.29 is 4.74 Å². The molecule has 3 aromatic heterocycles. The second-order valence-corrected chi connectivity index (χ2v) is 5.40. The fourth-order valence-electron chi connectivity index (χ4n) is 2.46. The van der Waals surface area contributed by atoms with Gasteiger partial charge in [-0.15, -0.1) is 5.10 Å². The van der Waals surface area contributed by atoms with Crippen molar-refractivity contribution in [3.05, 3.63) is 60.8 Å². The summed E-state index contributed by atoms with van der Waals surface area (Å²) in [6.07, 6.45) is 3.18. The minimum Gasteiger partial charge on any atom is -0.492 e. The molecule has 4 aromatic rings. The summed E-state index contributed by atoms with van der Waals surface area (Å²) in [5.41, 5.74) is 2.86. The number of hydrogen-bond donors (Lipinski definition) is 0. The van der Waals surface area contributed by atoms with E-state index in [4.69, 9.17) is 4.74 Å². The molecule has 0 spiro atoms. The Hall–Kier alpha value is -3.22. The van der Waals surface area contributed by atoms with Crippen molar-refractivity contribution in [3.8, 4) is 17.1 Å². The van der Waals surface area contributed by atoms with Crippen molar-refractivity contribution in [3.63, 3.8) is 0 Å². The van der Waals surface area contributed by atoms with Crippen molar-refractivity contribution >= 4 is 5.65 Å². The molecule has 7 nitrogen and oxygen atoms in total. The standard InChI is InChI=1S/C17H16N6O/c1-13-3-2-4-16-20-17(21-23(13)16)14-5-7-15(8-6-14)24-10-9-22-12-18-11-19-22/h2-8,11-12H,9-10H2,1H3. The Balaban J connectivity index is 1.47. The molecule has 0 bridgehead atoms. The smallest absolute Gasteiger partial charge is 0.182 e.